The predicted molar refractivity (Wildman–Crippen MR) is 134 cm³/mol. The van der Waals surface area contributed by atoms with Gasteiger partial charge in [0, 0.05) is 16.3 Å². The average Bonchev–Trinajstić information content (AvgIpc) is 3.34. The number of aryl methyl sites for hydroxylation is 2. The molecule has 8 heteroatoms. The summed E-state index contributed by atoms with van der Waals surface area (Å²) >= 11 is 1.18. The summed E-state index contributed by atoms with van der Waals surface area (Å²) < 4.78 is 5.23. The Bertz CT molecular complexity index is 1320. The molecule has 0 bridgehead atoms. The van der Waals surface area contributed by atoms with Crippen LogP contribution in [0.4, 0.5) is 11.4 Å². The Balaban J connectivity index is 1.29. The highest BCUT2D eigenvalue weighted by Crippen LogP contribution is 2.25. The minimum absolute atomic E-state index is 0.0554. The molecule has 35 heavy (non-hydrogen) atoms. The van der Waals surface area contributed by atoms with E-state index in [0.29, 0.717) is 21.8 Å². The van der Waals surface area contributed by atoms with Crippen LogP contribution >= 0.6 is 11.8 Å². The van der Waals surface area contributed by atoms with Crippen molar-refractivity contribution >= 4 is 40.9 Å². The van der Waals surface area contributed by atoms with Crippen molar-refractivity contribution in [2.24, 2.45) is 0 Å². The standard InChI is InChI=1S/C27H23N3O4S/c28-15-18-5-3-8-21(13-18)30-26(32)17-35-24-10-2-1-9-23(24)27(33)34-16-25(31)29-22-12-11-19-6-4-7-20(19)14-22/h1-3,5,8-14H,4,6-7,16-17H2,(H,29,31)(H,30,32). The molecule has 0 aliphatic heterocycles. The maximum atomic E-state index is 12.6. The molecule has 1 aliphatic carbocycles. The van der Waals surface area contributed by atoms with Crippen LogP contribution in [0, 0.1) is 11.3 Å². The normalized spacial score (nSPS) is 11.7. The Labute approximate surface area is 207 Å². The summed E-state index contributed by atoms with van der Waals surface area (Å²) in [5.41, 5.74) is 4.50. The van der Waals surface area contributed by atoms with Crippen LogP contribution in [0.15, 0.2) is 71.6 Å². The number of rotatable bonds is 8. The van der Waals surface area contributed by atoms with Crippen LogP contribution in [0.5, 0.6) is 0 Å². The van der Waals surface area contributed by atoms with Crippen molar-refractivity contribution in [3.63, 3.8) is 0 Å². The Morgan fingerprint density at radius 2 is 1.66 bits per heavy atom. The lowest BCUT2D eigenvalue weighted by Gasteiger charge is -2.11. The zero-order valence-corrected chi connectivity index (χ0v) is 19.7. The lowest BCUT2D eigenvalue weighted by Crippen LogP contribution is -2.21. The van der Waals surface area contributed by atoms with Crippen LogP contribution < -0.4 is 10.6 Å². The predicted octanol–water partition coefficient (Wildman–Crippen LogP) is 4.57. The molecule has 0 aromatic heterocycles. The number of anilines is 2. The molecule has 2 amide bonds. The first-order chi connectivity index (χ1) is 17.0. The highest BCUT2D eigenvalue weighted by atomic mass is 32.2. The summed E-state index contributed by atoms with van der Waals surface area (Å²) in [5, 5.41) is 14.5. The largest absolute Gasteiger partial charge is 0.452 e. The van der Waals surface area contributed by atoms with Crippen LogP contribution in [-0.2, 0) is 27.2 Å². The minimum atomic E-state index is -0.640. The second-order valence-electron chi connectivity index (χ2n) is 7.99. The number of carbonyl (C=O) groups is 3. The summed E-state index contributed by atoms with van der Waals surface area (Å²) in [7, 11) is 0. The molecule has 7 nitrogen and oxygen atoms in total. The molecule has 1 aliphatic rings. The van der Waals surface area contributed by atoms with Gasteiger partial charge >= 0.3 is 5.97 Å². The van der Waals surface area contributed by atoms with Crippen molar-refractivity contribution in [1.82, 2.24) is 0 Å². The van der Waals surface area contributed by atoms with E-state index in [0.717, 1.165) is 19.3 Å². The molecule has 0 heterocycles. The van der Waals surface area contributed by atoms with E-state index in [-0.39, 0.29) is 17.2 Å². The van der Waals surface area contributed by atoms with E-state index in [9.17, 15) is 14.4 Å². The third kappa shape index (κ3) is 6.49. The zero-order valence-electron chi connectivity index (χ0n) is 18.9. The molecule has 0 unspecified atom stereocenters. The number of hydrogen-bond donors (Lipinski definition) is 2. The van der Waals surface area contributed by atoms with Crippen LogP contribution in [-0.4, -0.2) is 30.1 Å². The maximum Gasteiger partial charge on any atom is 0.339 e. The molecule has 0 fully saturated rings. The average molecular weight is 486 g/mol. The number of esters is 1. The highest BCUT2D eigenvalue weighted by molar-refractivity contribution is 8.00. The molecule has 4 rings (SSSR count). The molecular weight excluding hydrogens is 462 g/mol. The second kappa shape index (κ2) is 11.4. The molecule has 0 spiro atoms. The fraction of sp³-hybridized carbons (Fsp3) is 0.185. The van der Waals surface area contributed by atoms with E-state index in [1.54, 1.807) is 48.5 Å². The number of hydrogen-bond acceptors (Lipinski definition) is 6. The lowest BCUT2D eigenvalue weighted by atomic mass is 10.1. The number of ether oxygens (including phenoxy) is 1. The molecule has 0 saturated heterocycles. The number of nitrogens with zero attached hydrogens (tertiary/aromatic N) is 1. The van der Waals surface area contributed by atoms with Gasteiger partial charge in [-0.2, -0.15) is 5.26 Å². The van der Waals surface area contributed by atoms with Crippen LogP contribution in [0.3, 0.4) is 0 Å². The summed E-state index contributed by atoms with van der Waals surface area (Å²) in [6.07, 6.45) is 3.19. The van der Waals surface area contributed by atoms with Crippen molar-refractivity contribution in [3.8, 4) is 6.07 Å². The van der Waals surface area contributed by atoms with Gasteiger partial charge in [-0.3, -0.25) is 9.59 Å². The molecule has 0 radical (unpaired) electrons. The van der Waals surface area contributed by atoms with Crippen LogP contribution in [0.25, 0.3) is 0 Å². The van der Waals surface area contributed by atoms with Gasteiger partial charge in [0.15, 0.2) is 6.61 Å². The molecular formula is C27H23N3O4S. The number of fused-ring (bicyclic) bond motifs is 1. The van der Waals surface area contributed by atoms with E-state index in [1.807, 2.05) is 24.3 Å². The quantitative estimate of drug-likeness (QED) is 0.357. The highest BCUT2D eigenvalue weighted by Gasteiger charge is 2.17. The first kappa shape index (κ1) is 24.0. The van der Waals surface area contributed by atoms with Crippen molar-refractivity contribution in [3.05, 3.63) is 89.0 Å². The summed E-state index contributed by atoms with van der Waals surface area (Å²) in [5.74, 6) is -1.28. The summed E-state index contributed by atoms with van der Waals surface area (Å²) in [6, 6.07) is 21.3. The van der Waals surface area contributed by atoms with Crippen molar-refractivity contribution in [2.75, 3.05) is 23.0 Å². The smallest absolute Gasteiger partial charge is 0.339 e. The molecule has 2 N–H and O–H groups in total. The van der Waals surface area contributed by atoms with Gasteiger partial charge in [-0.25, -0.2) is 4.79 Å². The number of nitrogens with one attached hydrogen (secondary N) is 2. The van der Waals surface area contributed by atoms with E-state index in [2.05, 4.69) is 10.6 Å². The Morgan fingerprint density at radius 3 is 2.51 bits per heavy atom. The maximum absolute atomic E-state index is 12.6. The number of carbonyl (C=O) groups excluding carboxylic acids is 3. The fourth-order valence-electron chi connectivity index (χ4n) is 3.82. The first-order valence-electron chi connectivity index (χ1n) is 11.1. The topological polar surface area (TPSA) is 108 Å². The van der Waals surface area contributed by atoms with Crippen molar-refractivity contribution in [1.29, 1.82) is 5.26 Å². The minimum Gasteiger partial charge on any atom is -0.452 e. The Kier molecular flexibility index (Phi) is 7.81. The number of thioether (sulfide) groups is 1. The molecule has 0 saturated carbocycles. The van der Waals surface area contributed by atoms with E-state index >= 15 is 0 Å². The van der Waals surface area contributed by atoms with Gasteiger partial charge in [0.05, 0.1) is 22.9 Å². The summed E-state index contributed by atoms with van der Waals surface area (Å²) in [6.45, 7) is -0.412. The van der Waals surface area contributed by atoms with Gasteiger partial charge in [-0.1, -0.05) is 24.3 Å². The van der Waals surface area contributed by atoms with Gasteiger partial charge in [-0.15, -0.1) is 11.8 Å². The van der Waals surface area contributed by atoms with Crippen molar-refractivity contribution in [2.45, 2.75) is 24.2 Å². The lowest BCUT2D eigenvalue weighted by molar-refractivity contribution is -0.119. The van der Waals surface area contributed by atoms with E-state index in [4.69, 9.17) is 10.00 Å². The van der Waals surface area contributed by atoms with Gasteiger partial charge in [0.1, 0.15) is 0 Å². The summed E-state index contributed by atoms with van der Waals surface area (Å²) in [4.78, 5) is 37.8. The number of amides is 2. The SMILES string of the molecule is N#Cc1cccc(NC(=O)CSc2ccccc2C(=O)OCC(=O)Nc2ccc3c(c2)CCC3)c1. The molecule has 176 valence electrons. The monoisotopic (exact) mass is 485 g/mol. The van der Waals surface area contributed by atoms with Crippen LogP contribution in [0.1, 0.15) is 33.5 Å². The fourth-order valence-corrected chi connectivity index (χ4v) is 4.66. The first-order valence-corrected chi connectivity index (χ1v) is 12.1. The van der Waals surface area contributed by atoms with E-state index < -0.39 is 18.5 Å². The van der Waals surface area contributed by atoms with Crippen LogP contribution in [0.2, 0.25) is 0 Å². The third-order valence-electron chi connectivity index (χ3n) is 5.46. The number of nitriles is 1. The van der Waals surface area contributed by atoms with Gasteiger partial charge < -0.3 is 15.4 Å². The number of benzene rings is 3. The van der Waals surface area contributed by atoms with Gasteiger partial charge in [0.2, 0.25) is 5.91 Å². The Hall–Kier alpha value is -4.09. The Morgan fingerprint density at radius 1 is 0.886 bits per heavy atom. The van der Waals surface area contributed by atoms with E-state index in [1.165, 1.54) is 22.9 Å². The zero-order chi connectivity index (χ0) is 24.6. The molecule has 3 aromatic rings. The third-order valence-corrected chi connectivity index (χ3v) is 6.53. The van der Waals surface area contributed by atoms with Crippen molar-refractivity contribution < 1.29 is 19.1 Å². The second-order valence-corrected chi connectivity index (χ2v) is 9.00. The molecule has 3 aromatic carbocycles. The van der Waals surface area contributed by atoms with Gasteiger partial charge in [-0.05, 0) is 72.9 Å². The van der Waals surface area contributed by atoms with Gasteiger partial charge in [0.25, 0.3) is 5.91 Å². The molecule has 0 atom stereocenters.